The van der Waals surface area contributed by atoms with Crippen LogP contribution >= 0.6 is 0 Å². The van der Waals surface area contributed by atoms with Crippen LogP contribution in [0.2, 0.25) is 0 Å². The van der Waals surface area contributed by atoms with Crippen LogP contribution in [-0.4, -0.2) is 30.8 Å². The van der Waals surface area contributed by atoms with Crippen molar-refractivity contribution in [3.63, 3.8) is 0 Å². The molecule has 1 aromatic rings. The SMILES string of the molecule is CCOC(=O)c1oc(CCC(C)OC)nc1CC(C)C. The molecular formula is C15H25NO4. The van der Waals surface area contributed by atoms with Crippen molar-refractivity contribution in [3.05, 3.63) is 17.3 Å². The number of hydrogen-bond acceptors (Lipinski definition) is 5. The average molecular weight is 283 g/mol. The standard InChI is InChI=1S/C15H25NO4/c1-6-19-15(17)14-12(9-10(2)3)16-13(20-14)8-7-11(4)18-5/h10-11H,6-9H2,1-5H3. The molecule has 1 atom stereocenters. The lowest BCUT2D eigenvalue weighted by Gasteiger charge is -2.06. The summed E-state index contributed by atoms with van der Waals surface area (Å²) in [5.74, 6) is 0.800. The fourth-order valence-electron chi connectivity index (χ4n) is 1.83. The predicted octanol–water partition coefficient (Wildman–Crippen LogP) is 3.02. The van der Waals surface area contributed by atoms with E-state index in [1.165, 1.54) is 0 Å². The van der Waals surface area contributed by atoms with E-state index >= 15 is 0 Å². The average Bonchev–Trinajstić information content (AvgIpc) is 2.78. The highest BCUT2D eigenvalue weighted by atomic mass is 16.5. The van der Waals surface area contributed by atoms with Gasteiger partial charge in [0.05, 0.1) is 18.4 Å². The third-order valence-corrected chi connectivity index (χ3v) is 2.97. The van der Waals surface area contributed by atoms with Gasteiger partial charge in [-0.05, 0) is 32.6 Å². The number of ether oxygens (including phenoxy) is 2. The molecule has 0 bridgehead atoms. The monoisotopic (exact) mass is 283 g/mol. The number of methoxy groups -OCH3 is 1. The summed E-state index contributed by atoms with van der Waals surface area (Å²) < 4.78 is 15.8. The van der Waals surface area contributed by atoms with Crippen LogP contribution in [0.25, 0.3) is 0 Å². The molecule has 1 heterocycles. The molecule has 0 spiro atoms. The van der Waals surface area contributed by atoms with Crippen molar-refractivity contribution < 1.29 is 18.7 Å². The molecule has 0 aromatic carbocycles. The van der Waals surface area contributed by atoms with Crippen LogP contribution in [0.5, 0.6) is 0 Å². The number of nitrogens with zero attached hydrogens (tertiary/aromatic N) is 1. The summed E-state index contributed by atoms with van der Waals surface area (Å²) in [4.78, 5) is 16.3. The van der Waals surface area contributed by atoms with Crippen molar-refractivity contribution >= 4 is 5.97 Å². The molecule has 0 saturated heterocycles. The fourth-order valence-corrected chi connectivity index (χ4v) is 1.83. The molecular weight excluding hydrogens is 258 g/mol. The van der Waals surface area contributed by atoms with Crippen molar-refractivity contribution in [3.8, 4) is 0 Å². The number of carbonyl (C=O) groups excluding carboxylic acids is 1. The molecule has 0 saturated carbocycles. The van der Waals surface area contributed by atoms with Gasteiger partial charge in [-0.15, -0.1) is 0 Å². The van der Waals surface area contributed by atoms with Gasteiger partial charge in [-0.3, -0.25) is 0 Å². The maximum absolute atomic E-state index is 11.9. The van der Waals surface area contributed by atoms with Crippen molar-refractivity contribution in [2.75, 3.05) is 13.7 Å². The highest BCUT2D eigenvalue weighted by Crippen LogP contribution is 2.18. The lowest BCUT2D eigenvalue weighted by molar-refractivity contribution is 0.0485. The molecule has 5 heteroatoms. The summed E-state index contributed by atoms with van der Waals surface area (Å²) in [5.41, 5.74) is 0.693. The third kappa shape index (κ3) is 4.96. The van der Waals surface area contributed by atoms with Gasteiger partial charge in [0.1, 0.15) is 0 Å². The first-order chi connectivity index (χ1) is 9.47. The first kappa shape index (κ1) is 16.7. The van der Waals surface area contributed by atoms with E-state index in [9.17, 15) is 4.79 Å². The second-order valence-electron chi connectivity index (χ2n) is 5.29. The van der Waals surface area contributed by atoms with Gasteiger partial charge in [0.15, 0.2) is 5.89 Å². The topological polar surface area (TPSA) is 61.6 Å². The van der Waals surface area contributed by atoms with E-state index < -0.39 is 5.97 Å². The summed E-state index contributed by atoms with van der Waals surface area (Å²) in [6.45, 7) is 8.26. The van der Waals surface area contributed by atoms with Gasteiger partial charge in [-0.25, -0.2) is 9.78 Å². The zero-order chi connectivity index (χ0) is 15.1. The van der Waals surface area contributed by atoms with Gasteiger partial charge < -0.3 is 13.9 Å². The fraction of sp³-hybridized carbons (Fsp3) is 0.733. The van der Waals surface area contributed by atoms with Crippen LogP contribution < -0.4 is 0 Å². The van der Waals surface area contributed by atoms with Gasteiger partial charge in [0, 0.05) is 13.5 Å². The number of hydrogen-bond donors (Lipinski definition) is 0. The van der Waals surface area contributed by atoms with Gasteiger partial charge in [-0.2, -0.15) is 0 Å². The Balaban J connectivity index is 2.84. The number of aromatic nitrogens is 1. The first-order valence-corrected chi connectivity index (χ1v) is 7.16. The predicted molar refractivity (Wildman–Crippen MR) is 75.8 cm³/mol. The van der Waals surface area contributed by atoms with E-state index in [2.05, 4.69) is 18.8 Å². The van der Waals surface area contributed by atoms with Crippen molar-refractivity contribution in [1.29, 1.82) is 0 Å². The molecule has 114 valence electrons. The van der Waals surface area contributed by atoms with E-state index in [1.807, 2.05) is 6.92 Å². The van der Waals surface area contributed by atoms with Gasteiger partial charge in [-0.1, -0.05) is 13.8 Å². The molecule has 5 nitrogen and oxygen atoms in total. The van der Waals surface area contributed by atoms with Crippen molar-refractivity contribution in [2.45, 2.75) is 53.1 Å². The Morgan fingerprint density at radius 3 is 2.60 bits per heavy atom. The normalized spacial score (nSPS) is 12.7. The van der Waals surface area contributed by atoms with Crippen LogP contribution in [0, 0.1) is 5.92 Å². The maximum atomic E-state index is 11.9. The summed E-state index contributed by atoms with van der Waals surface area (Å²) in [6, 6.07) is 0. The Morgan fingerprint density at radius 1 is 1.35 bits per heavy atom. The lowest BCUT2D eigenvalue weighted by Crippen LogP contribution is -2.08. The van der Waals surface area contributed by atoms with E-state index in [-0.39, 0.29) is 11.9 Å². The molecule has 0 fully saturated rings. The van der Waals surface area contributed by atoms with Crippen LogP contribution in [0.15, 0.2) is 4.42 Å². The minimum absolute atomic E-state index is 0.140. The molecule has 1 aromatic heterocycles. The summed E-state index contributed by atoms with van der Waals surface area (Å²) in [6.07, 6.45) is 2.30. The Hall–Kier alpha value is -1.36. The van der Waals surface area contributed by atoms with Gasteiger partial charge >= 0.3 is 5.97 Å². The Bertz CT molecular complexity index is 426. The summed E-state index contributed by atoms with van der Waals surface area (Å²) in [7, 11) is 1.68. The Morgan fingerprint density at radius 2 is 2.05 bits per heavy atom. The summed E-state index contributed by atoms with van der Waals surface area (Å²) in [5, 5.41) is 0. The lowest BCUT2D eigenvalue weighted by atomic mass is 10.1. The van der Waals surface area contributed by atoms with Gasteiger partial charge in [0.25, 0.3) is 0 Å². The van der Waals surface area contributed by atoms with Crippen LogP contribution in [0.3, 0.4) is 0 Å². The molecule has 0 aliphatic carbocycles. The van der Waals surface area contributed by atoms with Crippen LogP contribution in [0.1, 0.15) is 56.3 Å². The highest BCUT2D eigenvalue weighted by Gasteiger charge is 2.22. The first-order valence-electron chi connectivity index (χ1n) is 7.16. The van der Waals surface area contributed by atoms with E-state index in [0.717, 1.165) is 6.42 Å². The second kappa shape index (κ2) is 8.04. The Labute approximate surface area is 120 Å². The van der Waals surface area contributed by atoms with Crippen LogP contribution in [0.4, 0.5) is 0 Å². The van der Waals surface area contributed by atoms with E-state index in [4.69, 9.17) is 13.9 Å². The number of esters is 1. The largest absolute Gasteiger partial charge is 0.460 e. The Kier molecular flexibility index (Phi) is 6.71. The molecule has 0 amide bonds. The van der Waals surface area contributed by atoms with Crippen molar-refractivity contribution in [2.24, 2.45) is 5.92 Å². The maximum Gasteiger partial charge on any atom is 0.376 e. The number of aryl methyl sites for hydroxylation is 1. The minimum Gasteiger partial charge on any atom is -0.460 e. The molecule has 20 heavy (non-hydrogen) atoms. The molecule has 0 radical (unpaired) electrons. The zero-order valence-electron chi connectivity index (χ0n) is 13.1. The smallest absolute Gasteiger partial charge is 0.376 e. The second-order valence-corrected chi connectivity index (χ2v) is 5.29. The van der Waals surface area contributed by atoms with Crippen molar-refractivity contribution in [1.82, 2.24) is 4.98 Å². The van der Waals surface area contributed by atoms with Gasteiger partial charge in [0.2, 0.25) is 5.76 Å². The van der Waals surface area contributed by atoms with E-state index in [1.54, 1.807) is 14.0 Å². The molecule has 1 rings (SSSR count). The van der Waals surface area contributed by atoms with Crippen LogP contribution in [-0.2, 0) is 22.3 Å². The third-order valence-electron chi connectivity index (χ3n) is 2.97. The number of oxazole rings is 1. The molecule has 1 unspecified atom stereocenters. The molecule has 0 aliphatic rings. The molecule has 0 N–H and O–H groups in total. The minimum atomic E-state index is -0.429. The van der Waals surface area contributed by atoms with E-state index in [0.29, 0.717) is 37.0 Å². The summed E-state index contributed by atoms with van der Waals surface area (Å²) >= 11 is 0. The quantitative estimate of drug-likeness (QED) is 0.686. The highest BCUT2D eigenvalue weighted by molar-refractivity contribution is 5.87. The zero-order valence-corrected chi connectivity index (χ0v) is 13.1. The number of carbonyl (C=O) groups is 1. The number of rotatable bonds is 8. The molecule has 0 aliphatic heterocycles.